The fraction of sp³-hybridized carbons (Fsp3) is 0.500. The minimum Gasteiger partial charge on any atom is -0.393 e. The SMILES string of the molecule is Cc1cc([C@@H](CC2CCCC2)C(=O)Nc2cnc([C@H](O)CO)cn2)ccc1S(C)(=O)=O. The average molecular weight is 448 g/mol. The summed E-state index contributed by atoms with van der Waals surface area (Å²) in [6.07, 6.45) is 7.87. The van der Waals surface area contributed by atoms with Crippen LogP contribution in [-0.2, 0) is 14.6 Å². The zero-order chi connectivity index (χ0) is 22.6. The summed E-state index contributed by atoms with van der Waals surface area (Å²) in [7, 11) is -3.34. The van der Waals surface area contributed by atoms with Crippen LogP contribution >= 0.6 is 0 Å². The molecular weight excluding hydrogens is 418 g/mol. The van der Waals surface area contributed by atoms with Crippen molar-refractivity contribution in [3.05, 3.63) is 47.4 Å². The van der Waals surface area contributed by atoms with Gasteiger partial charge in [-0.3, -0.25) is 9.78 Å². The molecule has 1 heterocycles. The predicted octanol–water partition coefficient (Wildman–Crippen LogP) is 2.52. The minimum atomic E-state index is -3.34. The Balaban J connectivity index is 1.84. The van der Waals surface area contributed by atoms with Crippen LogP contribution in [0.2, 0.25) is 0 Å². The van der Waals surface area contributed by atoms with Crippen molar-refractivity contribution in [3.8, 4) is 0 Å². The molecule has 1 aliphatic carbocycles. The molecule has 0 bridgehead atoms. The molecule has 0 spiro atoms. The summed E-state index contributed by atoms with van der Waals surface area (Å²) in [6.45, 7) is 1.27. The Labute approximate surface area is 182 Å². The Morgan fingerprint density at radius 3 is 2.48 bits per heavy atom. The molecule has 1 aromatic heterocycles. The molecule has 0 aliphatic heterocycles. The van der Waals surface area contributed by atoms with Crippen molar-refractivity contribution in [1.29, 1.82) is 0 Å². The summed E-state index contributed by atoms with van der Waals surface area (Å²) in [4.78, 5) is 21.6. The topological polar surface area (TPSA) is 129 Å². The fourth-order valence-corrected chi connectivity index (χ4v) is 5.12. The molecule has 2 atom stereocenters. The summed E-state index contributed by atoms with van der Waals surface area (Å²) in [5.74, 6) is 0.0154. The van der Waals surface area contributed by atoms with E-state index in [1.165, 1.54) is 18.6 Å². The molecular formula is C22H29N3O5S. The van der Waals surface area contributed by atoms with Crippen LogP contribution in [-0.4, -0.2) is 47.4 Å². The van der Waals surface area contributed by atoms with E-state index in [0.29, 0.717) is 17.9 Å². The molecule has 0 radical (unpaired) electrons. The number of anilines is 1. The Bertz CT molecular complexity index is 1020. The quantitative estimate of drug-likeness (QED) is 0.567. The second-order valence-corrected chi connectivity index (χ2v) is 10.2. The molecule has 2 aromatic rings. The first-order valence-electron chi connectivity index (χ1n) is 10.4. The van der Waals surface area contributed by atoms with Crippen LogP contribution in [0, 0.1) is 12.8 Å². The molecule has 3 N–H and O–H groups in total. The van der Waals surface area contributed by atoms with Crippen molar-refractivity contribution in [3.63, 3.8) is 0 Å². The van der Waals surface area contributed by atoms with E-state index in [1.54, 1.807) is 25.1 Å². The summed E-state index contributed by atoms with van der Waals surface area (Å²) in [5, 5.41) is 21.4. The highest BCUT2D eigenvalue weighted by Gasteiger charge is 2.28. The summed E-state index contributed by atoms with van der Waals surface area (Å²) in [6, 6.07) is 5.07. The van der Waals surface area contributed by atoms with Gasteiger partial charge in [-0.15, -0.1) is 0 Å². The molecule has 1 aromatic carbocycles. The maximum absolute atomic E-state index is 13.2. The maximum Gasteiger partial charge on any atom is 0.233 e. The van der Waals surface area contributed by atoms with E-state index in [-0.39, 0.29) is 22.3 Å². The van der Waals surface area contributed by atoms with Gasteiger partial charge in [-0.05, 0) is 36.5 Å². The van der Waals surface area contributed by atoms with Gasteiger partial charge in [0.15, 0.2) is 15.7 Å². The van der Waals surface area contributed by atoms with Gasteiger partial charge < -0.3 is 15.5 Å². The number of aliphatic hydroxyl groups is 2. The molecule has 3 rings (SSSR count). The lowest BCUT2D eigenvalue weighted by atomic mass is 9.86. The van der Waals surface area contributed by atoms with E-state index in [0.717, 1.165) is 31.2 Å². The van der Waals surface area contributed by atoms with Crippen molar-refractivity contribution < 1.29 is 23.4 Å². The van der Waals surface area contributed by atoms with E-state index in [4.69, 9.17) is 5.11 Å². The van der Waals surface area contributed by atoms with E-state index in [1.807, 2.05) is 0 Å². The molecule has 1 saturated carbocycles. The van der Waals surface area contributed by atoms with Crippen LogP contribution in [0.15, 0.2) is 35.5 Å². The van der Waals surface area contributed by atoms with Crippen LogP contribution in [0.5, 0.6) is 0 Å². The van der Waals surface area contributed by atoms with Crippen molar-refractivity contribution >= 4 is 21.6 Å². The summed E-state index contributed by atoms with van der Waals surface area (Å²) in [5.41, 5.74) is 1.61. The summed E-state index contributed by atoms with van der Waals surface area (Å²) >= 11 is 0. The zero-order valence-electron chi connectivity index (χ0n) is 17.8. The highest BCUT2D eigenvalue weighted by Crippen LogP contribution is 2.35. The van der Waals surface area contributed by atoms with E-state index >= 15 is 0 Å². The van der Waals surface area contributed by atoms with Crippen molar-refractivity contribution in [2.45, 2.75) is 55.9 Å². The zero-order valence-corrected chi connectivity index (χ0v) is 18.6. The van der Waals surface area contributed by atoms with E-state index in [2.05, 4.69) is 15.3 Å². The number of aliphatic hydroxyl groups excluding tert-OH is 2. The van der Waals surface area contributed by atoms with Gasteiger partial charge in [0.05, 0.1) is 35.5 Å². The van der Waals surface area contributed by atoms with Gasteiger partial charge >= 0.3 is 0 Å². The lowest BCUT2D eigenvalue weighted by Gasteiger charge is -2.21. The number of hydrogen-bond donors (Lipinski definition) is 3. The largest absolute Gasteiger partial charge is 0.393 e. The third-order valence-electron chi connectivity index (χ3n) is 5.80. The van der Waals surface area contributed by atoms with Gasteiger partial charge in [0.25, 0.3) is 0 Å². The number of rotatable bonds is 8. The molecule has 168 valence electrons. The second kappa shape index (κ2) is 9.84. The summed E-state index contributed by atoms with van der Waals surface area (Å²) < 4.78 is 23.9. The van der Waals surface area contributed by atoms with Gasteiger partial charge in [0.1, 0.15) is 6.10 Å². The monoisotopic (exact) mass is 447 g/mol. The maximum atomic E-state index is 13.2. The standard InChI is InChI=1S/C22H29N3O5S/c1-14-9-16(7-8-20(14)31(2,29)30)17(10-15-5-3-4-6-15)22(28)25-21-12-23-18(11-24-21)19(27)13-26/h7-9,11-12,15,17,19,26-27H,3-6,10,13H2,1-2H3,(H,24,25,28)/t17-,19-/m1/s1. The number of sulfone groups is 1. The second-order valence-electron chi connectivity index (χ2n) is 8.25. The number of benzene rings is 1. The first-order valence-corrected chi connectivity index (χ1v) is 12.3. The number of amides is 1. The number of aromatic nitrogens is 2. The highest BCUT2D eigenvalue weighted by atomic mass is 32.2. The molecule has 1 aliphatic rings. The number of nitrogens with one attached hydrogen (secondary N) is 1. The minimum absolute atomic E-state index is 0.218. The van der Waals surface area contributed by atoms with Gasteiger partial charge in [0, 0.05) is 6.26 Å². The van der Waals surface area contributed by atoms with Crippen LogP contribution in [0.25, 0.3) is 0 Å². The average Bonchev–Trinajstić information content (AvgIpc) is 3.24. The van der Waals surface area contributed by atoms with Crippen molar-refractivity contribution in [1.82, 2.24) is 9.97 Å². The Hall–Kier alpha value is -2.36. The lowest BCUT2D eigenvalue weighted by molar-refractivity contribution is -0.118. The molecule has 31 heavy (non-hydrogen) atoms. The normalized spacial score (nSPS) is 16.8. The molecule has 0 unspecified atom stereocenters. The predicted molar refractivity (Wildman–Crippen MR) is 116 cm³/mol. The van der Waals surface area contributed by atoms with Gasteiger partial charge in [-0.1, -0.05) is 37.8 Å². The fourth-order valence-electron chi connectivity index (χ4n) is 4.16. The van der Waals surface area contributed by atoms with E-state index in [9.17, 15) is 18.3 Å². The number of aryl methyl sites for hydroxylation is 1. The number of carbonyl (C=O) groups excluding carboxylic acids is 1. The van der Waals surface area contributed by atoms with Crippen LogP contribution in [0.3, 0.4) is 0 Å². The molecule has 9 heteroatoms. The first kappa shape index (κ1) is 23.3. The molecule has 1 fully saturated rings. The number of carbonyl (C=O) groups is 1. The first-order chi connectivity index (χ1) is 14.7. The highest BCUT2D eigenvalue weighted by molar-refractivity contribution is 7.90. The van der Waals surface area contributed by atoms with E-state index < -0.39 is 28.5 Å². The lowest BCUT2D eigenvalue weighted by Crippen LogP contribution is -2.24. The van der Waals surface area contributed by atoms with Gasteiger partial charge in [0.2, 0.25) is 5.91 Å². The number of hydrogen-bond acceptors (Lipinski definition) is 7. The van der Waals surface area contributed by atoms with Crippen molar-refractivity contribution in [2.75, 3.05) is 18.2 Å². The Kier molecular flexibility index (Phi) is 7.40. The van der Waals surface area contributed by atoms with Gasteiger partial charge in [-0.2, -0.15) is 0 Å². The van der Waals surface area contributed by atoms with Gasteiger partial charge in [-0.25, -0.2) is 13.4 Å². The van der Waals surface area contributed by atoms with Crippen LogP contribution < -0.4 is 5.32 Å². The van der Waals surface area contributed by atoms with Crippen LogP contribution in [0.4, 0.5) is 5.82 Å². The molecule has 0 saturated heterocycles. The Morgan fingerprint density at radius 1 is 1.23 bits per heavy atom. The molecule has 1 amide bonds. The molecule has 8 nitrogen and oxygen atoms in total. The Morgan fingerprint density at radius 2 is 1.94 bits per heavy atom. The third kappa shape index (κ3) is 5.87. The third-order valence-corrected chi connectivity index (χ3v) is 7.06. The smallest absolute Gasteiger partial charge is 0.233 e. The number of nitrogens with zero attached hydrogens (tertiary/aromatic N) is 2. The van der Waals surface area contributed by atoms with Crippen LogP contribution in [0.1, 0.15) is 60.9 Å². The van der Waals surface area contributed by atoms with Crippen molar-refractivity contribution in [2.24, 2.45) is 5.92 Å².